The lowest BCUT2D eigenvalue weighted by Gasteiger charge is -2.07. The van der Waals surface area contributed by atoms with Crippen LogP contribution in [0.1, 0.15) is 39.8 Å². The first kappa shape index (κ1) is 26.2. The summed E-state index contributed by atoms with van der Waals surface area (Å²) in [6, 6.07) is 30.7. The van der Waals surface area contributed by atoms with Gasteiger partial charge in [-0.25, -0.2) is 4.98 Å². The van der Waals surface area contributed by atoms with E-state index in [2.05, 4.69) is 65.3 Å². The molecule has 0 aliphatic rings. The Morgan fingerprint density at radius 2 is 1.28 bits per heavy atom. The van der Waals surface area contributed by atoms with E-state index in [4.69, 9.17) is 9.98 Å². The van der Waals surface area contributed by atoms with Crippen molar-refractivity contribution in [2.45, 2.75) is 28.7 Å². The fourth-order valence-electron chi connectivity index (χ4n) is 4.11. The van der Waals surface area contributed by atoms with Gasteiger partial charge in [-0.05, 0) is 56.0 Å². The molecule has 0 atom stereocenters. The molecule has 0 saturated heterocycles. The maximum Gasteiger partial charge on any atom is 0.239 e. The fourth-order valence-corrected chi connectivity index (χ4v) is 4.11. The third-order valence-corrected chi connectivity index (χ3v) is 5.93. The minimum absolute atomic E-state index is 0. The second kappa shape index (κ2) is 10.9. The van der Waals surface area contributed by atoms with Gasteiger partial charge in [-0.1, -0.05) is 69.5 Å². The van der Waals surface area contributed by atoms with E-state index in [9.17, 15) is 0 Å². The number of hydrogen-bond acceptors (Lipinski definition) is 3. The number of allylic oxidation sites excluding steroid dienone is 1. The molecule has 0 radical (unpaired) electrons. The van der Waals surface area contributed by atoms with Crippen LogP contribution in [0.2, 0.25) is 0 Å². The maximum atomic E-state index is 4.93. The summed E-state index contributed by atoms with van der Waals surface area (Å²) in [4.78, 5) is 14.0. The molecule has 5 aromatic rings. The van der Waals surface area contributed by atoms with Crippen LogP contribution < -0.4 is 4.57 Å². The van der Waals surface area contributed by atoms with Crippen molar-refractivity contribution >= 4 is 51.4 Å². The Hall–Kier alpha value is -4.44. The highest BCUT2D eigenvalue weighted by molar-refractivity contribution is 6.00. The molecule has 4 nitrogen and oxygen atoms in total. The summed E-state index contributed by atoms with van der Waals surface area (Å²) in [6.07, 6.45) is 0. The smallest absolute Gasteiger partial charge is 0.239 e. The highest BCUT2D eigenvalue weighted by atomic mass is 15.0. The van der Waals surface area contributed by atoms with Crippen molar-refractivity contribution in [2.75, 3.05) is 0 Å². The molecule has 180 valence electrons. The van der Waals surface area contributed by atoms with Gasteiger partial charge in [0.25, 0.3) is 0 Å². The van der Waals surface area contributed by atoms with Gasteiger partial charge in [0, 0.05) is 30.0 Å². The molecule has 0 N–H and O–H groups in total. The summed E-state index contributed by atoms with van der Waals surface area (Å²) in [7, 11) is 0. The van der Waals surface area contributed by atoms with Crippen LogP contribution in [0.5, 0.6) is 0 Å². The molecule has 0 amide bonds. The average Bonchev–Trinajstić information content (AvgIpc) is 2.87. The number of fused-ring (bicyclic) bond motifs is 2. The SMILES string of the molecule is C.C.C=Nc1ccc2nc3ccc(N=C(C)c4ccc(C(=C)C)cc4)cc3[n+](-c3ccccc3)c2c1. The molecule has 0 aliphatic heterocycles. The van der Waals surface area contributed by atoms with E-state index in [1.165, 1.54) is 0 Å². The van der Waals surface area contributed by atoms with Gasteiger partial charge in [-0.2, -0.15) is 0 Å². The van der Waals surface area contributed by atoms with Gasteiger partial charge in [0.05, 0.1) is 11.4 Å². The number of aliphatic imine (C=N–C) groups is 2. The monoisotopic (exact) mass is 473 g/mol. The van der Waals surface area contributed by atoms with Crippen LogP contribution in [0.25, 0.3) is 33.3 Å². The number of aromatic nitrogens is 2. The van der Waals surface area contributed by atoms with Crippen LogP contribution in [-0.4, -0.2) is 17.4 Å². The van der Waals surface area contributed by atoms with E-state index < -0.39 is 0 Å². The van der Waals surface area contributed by atoms with Gasteiger partial charge in [0.1, 0.15) is 11.0 Å². The van der Waals surface area contributed by atoms with Crippen molar-refractivity contribution in [1.82, 2.24) is 4.98 Å². The predicted molar refractivity (Wildman–Crippen MR) is 156 cm³/mol. The molecule has 36 heavy (non-hydrogen) atoms. The molecule has 0 fully saturated rings. The molecule has 1 heterocycles. The summed E-state index contributed by atoms with van der Waals surface area (Å²) >= 11 is 0. The lowest BCUT2D eigenvalue weighted by atomic mass is 10.0. The lowest BCUT2D eigenvalue weighted by molar-refractivity contribution is -0.538. The molecule has 0 saturated carbocycles. The van der Waals surface area contributed by atoms with Gasteiger partial charge >= 0.3 is 0 Å². The fraction of sp³-hybridized carbons (Fsp3) is 0.125. The Morgan fingerprint density at radius 3 is 1.86 bits per heavy atom. The van der Waals surface area contributed by atoms with E-state index in [0.29, 0.717) is 0 Å². The second-order valence-corrected chi connectivity index (χ2v) is 8.34. The standard InChI is InChI=1S/C30H25N4.2CH4/c1-20(2)22-10-12-23(13-11-22)21(3)32-25-15-17-28-30(19-25)34(26-8-6-5-7-9-26)29-18-24(31-4)14-16-27(29)33-28;;/h5-19H,1,4H2,2-3H3;2*1H4/q+1;;. The number of rotatable bonds is 5. The number of benzene rings is 4. The van der Waals surface area contributed by atoms with Crippen LogP contribution >= 0.6 is 0 Å². The molecule has 0 spiro atoms. The van der Waals surface area contributed by atoms with Crippen LogP contribution in [0.4, 0.5) is 11.4 Å². The van der Waals surface area contributed by atoms with E-state index in [1.54, 1.807) is 0 Å². The van der Waals surface area contributed by atoms with E-state index in [-0.39, 0.29) is 14.9 Å². The van der Waals surface area contributed by atoms with Crippen LogP contribution in [0.15, 0.2) is 108 Å². The van der Waals surface area contributed by atoms with Crippen molar-refractivity contribution in [3.05, 3.63) is 109 Å². The first-order chi connectivity index (χ1) is 16.5. The Morgan fingerprint density at radius 1 is 0.722 bits per heavy atom. The zero-order chi connectivity index (χ0) is 23.7. The predicted octanol–water partition coefficient (Wildman–Crippen LogP) is 8.44. The second-order valence-electron chi connectivity index (χ2n) is 8.34. The van der Waals surface area contributed by atoms with E-state index >= 15 is 0 Å². The third-order valence-electron chi connectivity index (χ3n) is 5.93. The van der Waals surface area contributed by atoms with Crippen LogP contribution in [-0.2, 0) is 0 Å². The summed E-state index contributed by atoms with van der Waals surface area (Å²) in [5.41, 5.74) is 10.7. The number of nitrogens with zero attached hydrogens (tertiary/aromatic N) is 4. The van der Waals surface area contributed by atoms with Gasteiger partial charge in [0.2, 0.25) is 16.7 Å². The van der Waals surface area contributed by atoms with E-state index in [1.807, 2.05) is 62.4 Å². The van der Waals surface area contributed by atoms with Crippen molar-refractivity contribution in [3.63, 3.8) is 0 Å². The summed E-state index contributed by atoms with van der Waals surface area (Å²) in [5, 5.41) is 0. The first-order valence-electron chi connectivity index (χ1n) is 11.2. The highest BCUT2D eigenvalue weighted by Crippen LogP contribution is 2.25. The molecular formula is C32H33N4+. The quantitative estimate of drug-likeness (QED) is 0.143. The molecule has 0 unspecified atom stereocenters. The normalized spacial score (nSPS) is 11.0. The Bertz CT molecular complexity index is 1580. The molecule has 0 aliphatic carbocycles. The Kier molecular flexibility index (Phi) is 7.90. The Labute approximate surface area is 214 Å². The summed E-state index contributed by atoms with van der Waals surface area (Å²) < 4.78 is 2.21. The number of hydrogen-bond donors (Lipinski definition) is 0. The molecule has 4 aromatic carbocycles. The van der Waals surface area contributed by atoms with Gasteiger partial charge in [-0.15, -0.1) is 4.57 Å². The molecule has 5 rings (SSSR count). The molecular weight excluding hydrogens is 440 g/mol. The minimum Gasteiger partial charge on any atom is -0.264 e. The highest BCUT2D eigenvalue weighted by Gasteiger charge is 2.20. The largest absolute Gasteiger partial charge is 0.264 e. The van der Waals surface area contributed by atoms with Crippen molar-refractivity contribution in [1.29, 1.82) is 0 Å². The first-order valence-corrected chi connectivity index (χ1v) is 11.2. The summed E-state index contributed by atoms with van der Waals surface area (Å²) in [6.45, 7) is 11.8. The topological polar surface area (TPSA) is 41.5 Å². The zero-order valence-corrected chi connectivity index (χ0v) is 19.4. The molecule has 1 aromatic heterocycles. The lowest BCUT2D eigenvalue weighted by Crippen LogP contribution is -2.33. The van der Waals surface area contributed by atoms with Gasteiger partial charge < -0.3 is 0 Å². The molecule has 4 heteroatoms. The van der Waals surface area contributed by atoms with Crippen LogP contribution in [0.3, 0.4) is 0 Å². The Balaban J connectivity index is 0.00000180. The minimum atomic E-state index is 0. The zero-order valence-electron chi connectivity index (χ0n) is 19.4. The molecule has 0 bridgehead atoms. The van der Waals surface area contributed by atoms with Crippen molar-refractivity contribution in [2.24, 2.45) is 9.98 Å². The van der Waals surface area contributed by atoms with E-state index in [0.717, 1.165) is 61.5 Å². The third kappa shape index (κ3) is 4.98. The van der Waals surface area contributed by atoms with Crippen molar-refractivity contribution < 1.29 is 4.57 Å². The number of para-hydroxylation sites is 1. The van der Waals surface area contributed by atoms with Crippen molar-refractivity contribution in [3.8, 4) is 5.69 Å². The van der Waals surface area contributed by atoms with Gasteiger partial charge in [0.15, 0.2) is 0 Å². The maximum absolute atomic E-state index is 4.93. The van der Waals surface area contributed by atoms with Gasteiger partial charge in [-0.3, -0.25) is 9.98 Å². The van der Waals surface area contributed by atoms with Crippen LogP contribution in [0, 0.1) is 0 Å². The average molecular weight is 474 g/mol. The summed E-state index contributed by atoms with van der Waals surface area (Å²) in [5.74, 6) is 0.